The van der Waals surface area contributed by atoms with Gasteiger partial charge in [-0.2, -0.15) is 0 Å². The fourth-order valence-corrected chi connectivity index (χ4v) is 6.28. The average Bonchev–Trinajstić information content (AvgIpc) is 3.23. The molecule has 23 heavy (non-hydrogen) atoms. The highest BCUT2D eigenvalue weighted by Gasteiger charge is 2.71. The third-order valence-electron chi connectivity index (χ3n) is 5.26. The van der Waals surface area contributed by atoms with Crippen LogP contribution in [0, 0.1) is 24.6 Å². The molecular weight excluding hydrogens is 311 g/mol. The van der Waals surface area contributed by atoms with Gasteiger partial charge in [-0.05, 0) is 61.1 Å². The van der Waals surface area contributed by atoms with Gasteiger partial charge in [0.05, 0.1) is 15.5 Å². The Hall–Kier alpha value is -1.81. The van der Waals surface area contributed by atoms with Crippen molar-refractivity contribution >= 4 is 17.1 Å². The summed E-state index contributed by atoms with van der Waals surface area (Å²) in [5.74, 6) is -0.430. The molecular formula is C19H17FO2S. The average molecular weight is 328 g/mol. The summed E-state index contributed by atoms with van der Waals surface area (Å²) >= 11 is 0. The molecule has 4 rings (SSSR count). The number of benzene rings is 2. The Bertz CT molecular complexity index is 815. The van der Waals surface area contributed by atoms with Crippen LogP contribution in [-0.2, 0) is 26.8 Å². The molecule has 4 heteroatoms. The predicted octanol–water partition coefficient (Wildman–Crippen LogP) is 3.53. The number of hydrogen-bond donors (Lipinski definition) is 0. The molecule has 1 fully saturated rings. The van der Waals surface area contributed by atoms with Gasteiger partial charge < -0.3 is 4.79 Å². The molecule has 0 spiro atoms. The van der Waals surface area contributed by atoms with Crippen molar-refractivity contribution in [1.29, 1.82) is 0 Å². The van der Waals surface area contributed by atoms with Crippen LogP contribution in [0.4, 0.5) is 4.39 Å². The van der Waals surface area contributed by atoms with Gasteiger partial charge in [-0.15, -0.1) is 0 Å². The van der Waals surface area contributed by atoms with Gasteiger partial charge in [-0.1, -0.05) is 23.8 Å². The van der Waals surface area contributed by atoms with Crippen molar-refractivity contribution in [3.63, 3.8) is 0 Å². The van der Waals surface area contributed by atoms with Gasteiger partial charge in [0.25, 0.3) is 0 Å². The van der Waals surface area contributed by atoms with E-state index in [9.17, 15) is 13.4 Å². The largest absolute Gasteiger partial charge is 0.303 e. The molecule has 118 valence electrons. The molecule has 2 aromatic carbocycles. The fraction of sp³-hybridized carbons (Fsp3) is 0.316. The summed E-state index contributed by atoms with van der Waals surface area (Å²) in [6.45, 7) is 2.04. The van der Waals surface area contributed by atoms with Crippen LogP contribution in [-0.4, -0.2) is 10.5 Å². The van der Waals surface area contributed by atoms with E-state index in [1.54, 1.807) is 12.1 Å². The van der Waals surface area contributed by atoms with E-state index < -0.39 is 15.5 Å². The molecule has 2 nitrogen and oxygen atoms in total. The van der Waals surface area contributed by atoms with Gasteiger partial charge in [0.15, 0.2) is 0 Å². The van der Waals surface area contributed by atoms with Crippen LogP contribution in [0.5, 0.6) is 0 Å². The molecule has 0 radical (unpaired) electrons. The zero-order valence-electron chi connectivity index (χ0n) is 12.8. The summed E-state index contributed by atoms with van der Waals surface area (Å²) in [5, 5.41) is 0. The van der Waals surface area contributed by atoms with Crippen LogP contribution in [0.1, 0.15) is 23.1 Å². The number of carbonyl (C=O) groups excluding carboxylic acids is 1. The quantitative estimate of drug-likeness (QED) is 0.808. The molecule has 0 saturated heterocycles. The van der Waals surface area contributed by atoms with Crippen LogP contribution >= 0.6 is 0 Å². The zero-order valence-corrected chi connectivity index (χ0v) is 13.6. The van der Waals surface area contributed by atoms with Crippen LogP contribution in [0.15, 0.2) is 47.4 Å². The number of halogens is 1. The van der Waals surface area contributed by atoms with Crippen molar-refractivity contribution in [1.82, 2.24) is 0 Å². The topological polar surface area (TPSA) is 34.1 Å². The van der Waals surface area contributed by atoms with Crippen LogP contribution < -0.4 is 0 Å². The molecule has 1 saturated carbocycles. The van der Waals surface area contributed by atoms with Crippen molar-refractivity contribution in [3.8, 4) is 0 Å². The van der Waals surface area contributed by atoms with Gasteiger partial charge in [-0.3, -0.25) is 4.21 Å². The van der Waals surface area contributed by atoms with Crippen LogP contribution in [0.25, 0.3) is 0 Å². The smallest absolute Gasteiger partial charge is 0.125 e. The summed E-state index contributed by atoms with van der Waals surface area (Å²) in [4.78, 5) is 12.2. The Morgan fingerprint density at radius 1 is 1.22 bits per heavy atom. The van der Waals surface area contributed by atoms with E-state index in [2.05, 4.69) is 6.07 Å². The van der Waals surface area contributed by atoms with Crippen LogP contribution in [0.2, 0.25) is 0 Å². The number of carbonyl (C=O) groups is 1. The first kappa shape index (κ1) is 14.8. The molecule has 0 aliphatic heterocycles. The maximum Gasteiger partial charge on any atom is 0.125 e. The number of aldehydes is 1. The normalized spacial score (nSPS) is 29.3. The van der Waals surface area contributed by atoms with Gasteiger partial charge in [0.2, 0.25) is 0 Å². The van der Waals surface area contributed by atoms with Crippen molar-refractivity contribution in [2.75, 3.05) is 0 Å². The summed E-state index contributed by atoms with van der Waals surface area (Å²) in [7, 11) is -1.37. The summed E-state index contributed by atoms with van der Waals surface area (Å²) in [6.07, 6.45) is 2.77. The monoisotopic (exact) mass is 328 g/mol. The van der Waals surface area contributed by atoms with Gasteiger partial charge >= 0.3 is 0 Å². The number of rotatable bonds is 3. The minimum absolute atomic E-state index is 0.126. The van der Waals surface area contributed by atoms with E-state index in [0.29, 0.717) is 4.90 Å². The highest BCUT2D eigenvalue weighted by atomic mass is 32.2. The second-order valence-corrected chi connectivity index (χ2v) is 8.17. The lowest BCUT2D eigenvalue weighted by atomic mass is 9.90. The van der Waals surface area contributed by atoms with Crippen molar-refractivity contribution in [3.05, 3.63) is 65.0 Å². The number of aryl methyl sites for hydroxylation is 2. The lowest BCUT2D eigenvalue weighted by Gasteiger charge is -2.26. The fourth-order valence-electron chi connectivity index (χ4n) is 4.17. The van der Waals surface area contributed by atoms with Crippen molar-refractivity contribution < 1.29 is 13.4 Å². The second-order valence-electron chi connectivity index (χ2n) is 6.48. The van der Waals surface area contributed by atoms with Crippen LogP contribution in [0.3, 0.4) is 0 Å². The Morgan fingerprint density at radius 3 is 2.65 bits per heavy atom. The first-order valence-electron chi connectivity index (χ1n) is 7.81. The first-order chi connectivity index (χ1) is 11.1. The maximum atomic E-state index is 13.3. The van der Waals surface area contributed by atoms with E-state index >= 15 is 0 Å². The SMILES string of the molecule is Cc1ccc2c(c1)CCC1C(C=O)C21S(=O)c1ccc(F)cc1. The van der Waals surface area contributed by atoms with E-state index in [4.69, 9.17) is 0 Å². The molecule has 0 N–H and O–H groups in total. The summed E-state index contributed by atoms with van der Waals surface area (Å²) in [6, 6.07) is 12.0. The minimum Gasteiger partial charge on any atom is -0.303 e. The Kier molecular flexibility index (Phi) is 3.27. The summed E-state index contributed by atoms with van der Waals surface area (Å²) in [5.41, 5.74) is 3.41. The molecule has 0 bridgehead atoms. The molecule has 0 heterocycles. The second kappa shape index (κ2) is 5.10. The maximum absolute atomic E-state index is 13.3. The number of hydrogen-bond acceptors (Lipinski definition) is 2. The Morgan fingerprint density at radius 2 is 1.96 bits per heavy atom. The van der Waals surface area contributed by atoms with Gasteiger partial charge in [0, 0.05) is 10.8 Å². The molecule has 4 unspecified atom stereocenters. The van der Waals surface area contributed by atoms with E-state index in [1.807, 2.05) is 19.1 Å². The lowest BCUT2D eigenvalue weighted by molar-refractivity contribution is -0.109. The molecule has 2 aliphatic rings. The summed E-state index contributed by atoms with van der Waals surface area (Å²) < 4.78 is 25.9. The highest BCUT2D eigenvalue weighted by Crippen LogP contribution is 2.67. The van der Waals surface area contributed by atoms with Crippen molar-refractivity contribution in [2.45, 2.75) is 29.4 Å². The number of fused-ring (bicyclic) bond motifs is 3. The van der Waals surface area contributed by atoms with Gasteiger partial charge in [0.1, 0.15) is 12.1 Å². The third-order valence-corrected chi connectivity index (χ3v) is 7.37. The van der Waals surface area contributed by atoms with Crippen molar-refractivity contribution in [2.24, 2.45) is 11.8 Å². The molecule has 2 aromatic rings. The Labute approximate surface area is 137 Å². The lowest BCUT2D eigenvalue weighted by Crippen LogP contribution is -2.25. The van der Waals surface area contributed by atoms with E-state index in [-0.39, 0.29) is 17.7 Å². The molecule has 0 amide bonds. The minimum atomic E-state index is -1.37. The zero-order chi connectivity index (χ0) is 16.2. The van der Waals surface area contributed by atoms with E-state index in [1.165, 1.54) is 23.3 Å². The first-order valence-corrected chi connectivity index (χ1v) is 8.96. The van der Waals surface area contributed by atoms with Gasteiger partial charge in [-0.25, -0.2) is 4.39 Å². The highest BCUT2D eigenvalue weighted by molar-refractivity contribution is 7.86. The Balaban J connectivity index is 1.86. The molecule has 2 aliphatic carbocycles. The molecule has 4 atom stereocenters. The third kappa shape index (κ3) is 1.97. The van der Waals surface area contributed by atoms with E-state index in [0.717, 1.165) is 24.7 Å². The standard InChI is InChI=1S/C19H17FO2S/c1-12-2-8-16-13(10-12)3-9-17-18(11-21)19(16,17)23(22)15-6-4-14(20)5-7-15/h2,4-8,10-11,17-18H,3,9H2,1H3. The molecule has 0 aromatic heterocycles. The predicted molar refractivity (Wildman–Crippen MR) is 87.0 cm³/mol.